The molecule has 0 radical (unpaired) electrons. The van der Waals surface area contributed by atoms with Crippen LogP contribution in [0.15, 0.2) is 41.3 Å². The fourth-order valence-corrected chi connectivity index (χ4v) is 5.30. The lowest BCUT2D eigenvalue weighted by Crippen LogP contribution is -2.47. The largest absolute Gasteiger partial charge is 0.477 e. The van der Waals surface area contributed by atoms with Crippen molar-refractivity contribution in [3.63, 3.8) is 0 Å². The fourth-order valence-electron chi connectivity index (χ4n) is 5.30. The highest BCUT2D eigenvalue weighted by Gasteiger charge is 2.33. The van der Waals surface area contributed by atoms with Crippen LogP contribution in [-0.2, 0) is 16.1 Å². The molecule has 2 fully saturated rings. The quantitative estimate of drug-likeness (QED) is 0.445. The molecule has 0 spiro atoms. The van der Waals surface area contributed by atoms with Crippen LogP contribution in [0.2, 0.25) is 0 Å². The van der Waals surface area contributed by atoms with E-state index in [0.717, 1.165) is 18.0 Å². The highest BCUT2D eigenvalue weighted by Crippen LogP contribution is 2.32. The van der Waals surface area contributed by atoms with E-state index in [1.165, 1.54) is 16.4 Å². The van der Waals surface area contributed by atoms with E-state index in [9.17, 15) is 24.3 Å². The number of carboxylic acids is 1. The summed E-state index contributed by atoms with van der Waals surface area (Å²) in [7, 11) is 0. The van der Waals surface area contributed by atoms with Crippen molar-refractivity contribution in [3.05, 3.63) is 63.9 Å². The number of halogens is 2. The van der Waals surface area contributed by atoms with Gasteiger partial charge < -0.3 is 29.5 Å². The molecule has 2 saturated heterocycles. The minimum atomic E-state index is -1.46. The number of carbonyl (C=O) groups is 3. The van der Waals surface area contributed by atoms with Gasteiger partial charge in [0.25, 0.3) is 0 Å². The van der Waals surface area contributed by atoms with Gasteiger partial charge in [-0.2, -0.15) is 0 Å². The third-order valence-electron chi connectivity index (χ3n) is 7.38. The Kier molecular flexibility index (Phi) is 7.52. The first-order valence-electron chi connectivity index (χ1n) is 13.2. The van der Waals surface area contributed by atoms with E-state index in [1.807, 2.05) is 12.1 Å². The number of aromatic nitrogens is 1. The van der Waals surface area contributed by atoms with Crippen molar-refractivity contribution >= 4 is 45.9 Å². The second-order valence-electron chi connectivity index (χ2n) is 9.92. The summed E-state index contributed by atoms with van der Waals surface area (Å²) >= 11 is 0. The van der Waals surface area contributed by atoms with Gasteiger partial charge in [-0.15, -0.1) is 0 Å². The van der Waals surface area contributed by atoms with Crippen molar-refractivity contribution in [2.75, 3.05) is 54.0 Å². The van der Waals surface area contributed by atoms with Crippen LogP contribution >= 0.6 is 0 Å². The molecule has 13 heteroatoms. The number of pyridine rings is 1. The molecule has 11 nitrogen and oxygen atoms in total. The molecule has 1 atom stereocenters. The van der Waals surface area contributed by atoms with E-state index in [1.54, 1.807) is 24.0 Å². The maximum absolute atomic E-state index is 15.8. The minimum Gasteiger partial charge on any atom is -0.477 e. The van der Waals surface area contributed by atoms with Crippen molar-refractivity contribution in [1.82, 2.24) is 9.88 Å². The third-order valence-corrected chi connectivity index (χ3v) is 7.38. The Morgan fingerprint density at radius 3 is 2.29 bits per heavy atom. The summed E-state index contributed by atoms with van der Waals surface area (Å²) < 4.78 is 37.6. The average Bonchev–Trinajstić information content (AvgIpc) is 3.33. The third kappa shape index (κ3) is 5.26. The number of cyclic esters (lactones) is 1. The first kappa shape index (κ1) is 27.9. The molecule has 5 rings (SSSR count). The van der Waals surface area contributed by atoms with E-state index in [2.05, 4.69) is 10.2 Å². The van der Waals surface area contributed by atoms with Crippen LogP contribution in [0.1, 0.15) is 24.2 Å². The smallest absolute Gasteiger partial charge is 0.414 e. The second kappa shape index (κ2) is 11.1. The number of piperazine rings is 1. The topological polar surface area (TPSA) is 124 Å². The molecule has 0 saturated carbocycles. The molecular weight excluding hydrogens is 540 g/mol. The molecule has 216 valence electrons. The number of rotatable bonds is 7. The molecule has 3 heterocycles. The first-order valence-corrected chi connectivity index (χ1v) is 13.2. The summed E-state index contributed by atoms with van der Waals surface area (Å²) in [6.45, 7) is 5.32. The van der Waals surface area contributed by atoms with E-state index >= 15 is 8.78 Å². The van der Waals surface area contributed by atoms with Gasteiger partial charge in [-0.3, -0.25) is 14.5 Å². The zero-order valence-corrected chi connectivity index (χ0v) is 22.5. The summed E-state index contributed by atoms with van der Waals surface area (Å²) in [5.41, 5.74) is -0.334. The van der Waals surface area contributed by atoms with E-state index in [0.29, 0.717) is 38.4 Å². The SMILES string of the molecule is CCn1cc(C(=O)O)c(=O)c2cc(F)c(N3CCN(c4ccc(N5C[C@H](CNC(C)=O)OC5=O)cc4)CC3)c(F)c21. The van der Waals surface area contributed by atoms with Gasteiger partial charge in [0.2, 0.25) is 11.3 Å². The number of carboxylic acid groups (broad SMARTS) is 1. The molecule has 0 aliphatic carbocycles. The fraction of sp³-hybridized carbons (Fsp3) is 0.357. The maximum atomic E-state index is 15.8. The highest BCUT2D eigenvalue weighted by molar-refractivity contribution is 5.94. The van der Waals surface area contributed by atoms with Gasteiger partial charge in [-0.25, -0.2) is 18.4 Å². The van der Waals surface area contributed by atoms with Crippen LogP contribution in [0.4, 0.5) is 30.6 Å². The van der Waals surface area contributed by atoms with Crippen molar-refractivity contribution in [3.8, 4) is 0 Å². The van der Waals surface area contributed by atoms with Crippen molar-refractivity contribution in [1.29, 1.82) is 0 Å². The lowest BCUT2D eigenvalue weighted by Gasteiger charge is -2.37. The Bertz CT molecular complexity index is 1580. The Hall–Kier alpha value is -4.68. The Morgan fingerprint density at radius 1 is 1.05 bits per heavy atom. The molecule has 2 aliphatic rings. The van der Waals surface area contributed by atoms with E-state index in [-0.39, 0.29) is 35.6 Å². The monoisotopic (exact) mass is 569 g/mol. The maximum Gasteiger partial charge on any atom is 0.414 e. The number of carbonyl (C=O) groups excluding carboxylic acids is 2. The van der Waals surface area contributed by atoms with Crippen molar-refractivity contribution < 1.29 is 33.0 Å². The number of nitrogens with zero attached hydrogens (tertiary/aromatic N) is 4. The van der Waals surface area contributed by atoms with Gasteiger partial charge >= 0.3 is 12.1 Å². The Balaban J connectivity index is 1.31. The molecule has 2 aromatic carbocycles. The zero-order chi connectivity index (χ0) is 29.4. The van der Waals surface area contributed by atoms with Crippen LogP contribution in [0.5, 0.6) is 0 Å². The van der Waals surface area contributed by atoms with Crippen molar-refractivity contribution in [2.24, 2.45) is 0 Å². The van der Waals surface area contributed by atoms with Gasteiger partial charge in [0.15, 0.2) is 5.82 Å². The molecule has 2 N–H and O–H groups in total. The van der Waals surface area contributed by atoms with Crippen molar-refractivity contribution in [2.45, 2.75) is 26.5 Å². The molecule has 2 amide bonds. The summed E-state index contributed by atoms with van der Waals surface area (Å²) in [5.74, 6) is -3.49. The second-order valence-corrected chi connectivity index (χ2v) is 9.92. The standard InChI is InChI=1S/C28H29F2N5O6/c1-3-32-15-21(27(38)39)26(37)20-12-22(29)25(23(30)24(20)32)34-10-8-33(9-11-34)17-4-6-18(7-5-17)35-14-19(41-28(35)40)13-31-16(2)36/h4-7,12,15,19H,3,8-11,13-14H2,1-2H3,(H,31,36)(H,38,39)/t19-/m0/s1. The number of aromatic carboxylic acids is 1. The number of nitrogens with one attached hydrogen (secondary N) is 1. The van der Waals surface area contributed by atoms with Gasteiger partial charge in [0.1, 0.15) is 23.2 Å². The molecule has 2 aliphatic heterocycles. The number of aryl methyl sites for hydroxylation is 1. The predicted molar refractivity (Wildman–Crippen MR) is 148 cm³/mol. The highest BCUT2D eigenvalue weighted by atomic mass is 19.1. The van der Waals surface area contributed by atoms with Gasteiger partial charge in [-0.1, -0.05) is 0 Å². The van der Waals surface area contributed by atoms with E-state index in [4.69, 9.17) is 4.74 Å². The summed E-state index contributed by atoms with van der Waals surface area (Å²) in [4.78, 5) is 52.7. The summed E-state index contributed by atoms with van der Waals surface area (Å²) in [6.07, 6.45) is 0.153. The Morgan fingerprint density at radius 2 is 1.68 bits per heavy atom. The predicted octanol–water partition coefficient (Wildman–Crippen LogP) is 2.79. The number of hydrogen-bond acceptors (Lipinski definition) is 7. The molecule has 41 heavy (non-hydrogen) atoms. The van der Waals surface area contributed by atoms with Gasteiger partial charge in [0, 0.05) is 57.2 Å². The lowest BCUT2D eigenvalue weighted by atomic mass is 10.1. The number of anilines is 3. The summed E-state index contributed by atoms with van der Waals surface area (Å²) in [5, 5.41) is 11.7. The number of hydrogen-bond donors (Lipinski definition) is 2. The normalized spacial score (nSPS) is 17.2. The molecule has 1 aromatic heterocycles. The van der Waals surface area contributed by atoms with Crippen LogP contribution in [0, 0.1) is 11.6 Å². The average molecular weight is 570 g/mol. The van der Waals surface area contributed by atoms with Gasteiger partial charge in [0.05, 0.1) is 24.0 Å². The first-order chi connectivity index (χ1) is 19.6. The van der Waals surface area contributed by atoms with Crippen LogP contribution in [0.3, 0.4) is 0 Å². The van der Waals surface area contributed by atoms with Crippen LogP contribution in [-0.4, -0.2) is 73.0 Å². The van der Waals surface area contributed by atoms with Crippen LogP contribution < -0.4 is 25.4 Å². The van der Waals surface area contributed by atoms with Gasteiger partial charge in [-0.05, 0) is 37.3 Å². The molecule has 0 bridgehead atoms. The molecule has 3 aromatic rings. The number of ether oxygens (including phenoxy) is 1. The molecule has 0 unspecified atom stereocenters. The Labute approximate surface area is 233 Å². The van der Waals surface area contributed by atoms with E-state index < -0.39 is 40.8 Å². The zero-order valence-electron chi connectivity index (χ0n) is 22.5. The van der Waals surface area contributed by atoms with Crippen LogP contribution in [0.25, 0.3) is 10.9 Å². The number of fused-ring (bicyclic) bond motifs is 1. The molecular formula is C28H29F2N5O6. The minimum absolute atomic E-state index is 0.128. The number of amides is 2. The lowest BCUT2D eigenvalue weighted by molar-refractivity contribution is -0.119. The summed E-state index contributed by atoms with van der Waals surface area (Å²) in [6, 6.07) is 8.22. The number of benzene rings is 2.